The van der Waals surface area contributed by atoms with Gasteiger partial charge >= 0.3 is 0 Å². The van der Waals surface area contributed by atoms with Crippen molar-refractivity contribution in [2.45, 2.75) is 33.2 Å². The molecule has 4 heteroatoms. The molecule has 1 aromatic heterocycles. The van der Waals surface area contributed by atoms with Crippen LogP contribution in [-0.4, -0.2) is 34.8 Å². The van der Waals surface area contributed by atoms with E-state index in [4.69, 9.17) is 4.99 Å². The molecule has 0 aliphatic carbocycles. The SMILES string of the molecule is C/C=C(CCC)/C(=N\c1ccc2[nH]ccc2c1)c1ccc(O)c(CN(C)C)c1. The summed E-state index contributed by atoms with van der Waals surface area (Å²) in [6.45, 7) is 4.93. The van der Waals surface area contributed by atoms with Crippen LogP contribution in [0.15, 0.2) is 65.3 Å². The van der Waals surface area contributed by atoms with Crippen LogP contribution in [-0.2, 0) is 6.54 Å². The van der Waals surface area contributed by atoms with Gasteiger partial charge in [0.05, 0.1) is 11.4 Å². The van der Waals surface area contributed by atoms with Gasteiger partial charge in [0.1, 0.15) is 5.75 Å². The Balaban J connectivity index is 2.11. The third-order valence-electron chi connectivity index (χ3n) is 4.79. The molecule has 2 aromatic carbocycles. The van der Waals surface area contributed by atoms with Gasteiger partial charge in [-0.2, -0.15) is 0 Å². The minimum Gasteiger partial charge on any atom is -0.508 e. The van der Waals surface area contributed by atoms with Crippen LogP contribution in [0.3, 0.4) is 0 Å². The van der Waals surface area contributed by atoms with Gasteiger partial charge in [-0.15, -0.1) is 0 Å². The Morgan fingerprint density at radius 3 is 2.68 bits per heavy atom. The van der Waals surface area contributed by atoms with E-state index in [2.05, 4.69) is 54.1 Å². The van der Waals surface area contributed by atoms with Crippen molar-refractivity contribution in [2.24, 2.45) is 4.99 Å². The number of hydrogen-bond acceptors (Lipinski definition) is 3. The molecule has 4 nitrogen and oxygen atoms in total. The van der Waals surface area contributed by atoms with Gasteiger partial charge in [-0.3, -0.25) is 0 Å². The Labute approximate surface area is 167 Å². The predicted octanol–water partition coefficient (Wildman–Crippen LogP) is 5.80. The van der Waals surface area contributed by atoms with E-state index in [9.17, 15) is 5.11 Å². The van der Waals surface area contributed by atoms with Crippen molar-refractivity contribution in [3.05, 3.63) is 71.4 Å². The smallest absolute Gasteiger partial charge is 0.120 e. The van der Waals surface area contributed by atoms with E-state index in [0.29, 0.717) is 12.3 Å². The van der Waals surface area contributed by atoms with Crippen molar-refractivity contribution in [2.75, 3.05) is 14.1 Å². The highest BCUT2D eigenvalue weighted by Gasteiger charge is 2.13. The average molecular weight is 376 g/mol. The first-order valence-electron chi connectivity index (χ1n) is 9.80. The number of phenolic OH excluding ortho intramolecular Hbond substituents is 1. The number of aliphatic imine (C=N–C) groups is 1. The molecule has 0 atom stereocenters. The summed E-state index contributed by atoms with van der Waals surface area (Å²) < 4.78 is 0. The van der Waals surface area contributed by atoms with Crippen molar-refractivity contribution < 1.29 is 5.11 Å². The zero-order valence-corrected chi connectivity index (χ0v) is 17.2. The Morgan fingerprint density at radius 1 is 1.14 bits per heavy atom. The monoisotopic (exact) mass is 375 g/mol. The van der Waals surface area contributed by atoms with Gasteiger partial charge in [0.2, 0.25) is 0 Å². The number of aromatic hydroxyl groups is 1. The topological polar surface area (TPSA) is 51.6 Å². The van der Waals surface area contributed by atoms with Crippen molar-refractivity contribution >= 4 is 22.3 Å². The summed E-state index contributed by atoms with van der Waals surface area (Å²) >= 11 is 0. The Morgan fingerprint density at radius 2 is 1.96 bits per heavy atom. The number of fused-ring (bicyclic) bond motifs is 1. The number of H-pyrrole nitrogens is 1. The van der Waals surface area contributed by atoms with Gasteiger partial charge in [-0.1, -0.05) is 19.4 Å². The fourth-order valence-corrected chi connectivity index (χ4v) is 3.43. The molecule has 3 rings (SSSR count). The molecule has 0 saturated carbocycles. The van der Waals surface area contributed by atoms with E-state index in [1.165, 1.54) is 5.57 Å². The van der Waals surface area contributed by atoms with Crippen LogP contribution in [0, 0.1) is 0 Å². The van der Waals surface area contributed by atoms with Crippen molar-refractivity contribution in [1.29, 1.82) is 0 Å². The van der Waals surface area contributed by atoms with Crippen molar-refractivity contribution in [3.63, 3.8) is 0 Å². The number of allylic oxidation sites excluding steroid dienone is 2. The van der Waals surface area contributed by atoms with E-state index in [1.807, 2.05) is 32.4 Å². The lowest BCUT2D eigenvalue weighted by molar-refractivity contribution is 0.386. The van der Waals surface area contributed by atoms with Crippen LogP contribution in [0.2, 0.25) is 0 Å². The second-order valence-electron chi connectivity index (χ2n) is 7.35. The van der Waals surface area contributed by atoms with Gasteiger partial charge in [0.15, 0.2) is 0 Å². The lowest BCUT2D eigenvalue weighted by Crippen LogP contribution is -2.12. The van der Waals surface area contributed by atoms with E-state index in [1.54, 1.807) is 6.07 Å². The number of aromatic amines is 1. The molecule has 0 amide bonds. The first-order valence-corrected chi connectivity index (χ1v) is 9.80. The first kappa shape index (κ1) is 19.9. The van der Waals surface area contributed by atoms with E-state index in [0.717, 1.165) is 46.3 Å². The molecule has 28 heavy (non-hydrogen) atoms. The van der Waals surface area contributed by atoms with Gasteiger partial charge in [-0.05, 0) is 75.5 Å². The average Bonchev–Trinajstić information content (AvgIpc) is 3.14. The van der Waals surface area contributed by atoms with Crippen LogP contribution in [0.1, 0.15) is 37.8 Å². The fraction of sp³-hybridized carbons (Fsp3) is 0.292. The predicted molar refractivity (Wildman–Crippen MR) is 119 cm³/mol. The summed E-state index contributed by atoms with van der Waals surface area (Å²) in [5, 5.41) is 11.4. The van der Waals surface area contributed by atoms with Crippen LogP contribution in [0.5, 0.6) is 5.75 Å². The lowest BCUT2D eigenvalue weighted by Gasteiger charge is -2.15. The van der Waals surface area contributed by atoms with Crippen LogP contribution >= 0.6 is 0 Å². The third kappa shape index (κ3) is 4.52. The number of nitrogens with zero attached hydrogens (tertiary/aromatic N) is 2. The van der Waals surface area contributed by atoms with Gasteiger partial charge < -0.3 is 15.0 Å². The summed E-state index contributed by atoms with van der Waals surface area (Å²) in [6.07, 6.45) is 6.11. The number of phenols is 1. The summed E-state index contributed by atoms with van der Waals surface area (Å²) in [5.74, 6) is 0.322. The first-order chi connectivity index (χ1) is 13.5. The number of aromatic nitrogens is 1. The highest BCUT2D eigenvalue weighted by molar-refractivity contribution is 6.14. The Kier molecular flexibility index (Phi) is 6.32. The zero-order valence-electron chi connectivity index (χ0n) is 17.2. The van der Waals surface area contributed by atoms with Crippen LogP contribution < -0.4 is 0 Å². The largest absolute Gasteiger partial charge is 0.508 e. The molecule has 3 aromatic rings. The summed E-state index contributed by atoms with van der Waals surface area (Å²) in [4.78, 5) is 10.3. The number of hydrogen-bond donors (Lipinski definition) is 2. The van der Waals surface area contributed by atoms with Gasteiger partial charge in [-0.25, -0.2) is 4.99 Å². The molecule has 0 fully saturated rings. The quantitative estimate of drug-likeness (QED) is 0.513. The summed E-state index contributed by atoms with van der Waals surface area (Å²) in [6, 6.07) is 14.1. The molecular formula is C24H29N3O. The van der Waals surface area contributed by atoms with Crippen molar-refractivity contribution in [3.8, 4) is 5.75 Å². The van der Waals surface area contributed by atoms with Gasteiger partial charge in [0, 0.05) is 34.8 Å². The molecule has 0 radical (unpaired) electrons. The minimum atomic E-state index is 0.322. The highest BCUT2D eigenvalue weighted by atomic mass is 16.3. The van der Waals surface area contributed by atoms with Gasteiger partial charge in [0.25, 0.3) is 0 Å². The van der Waals surface area contributed by atoms with E-state index < -0.39 is 0 Å². The van der Waals surface area contributed by atoms with Crippen LogP contribution in [0.4, 0.5) is 5.69 Å². The zero-order chi connectivity index (χ0) is 20.1. The second-order valence-corrected chi connectivity index (χ2v) is 7.35. The minimum absolute atomic E-state index is 0.322. The molecule has 146 valence electrons. The maximum Gasteiger partial charge on any atom is 0.120 e. The fourth-order valence-electron chi connectivity index (χ4n) is 3.43. The number of benzene rings is 2. The second kappa shape index (κ2) is 8.89. The standard InChI is InChI=1S/C24H29N3O/c1-5-7-17(6-2)24(19-8-11-23(28)20(14-19)16-27(3)4)26-21-9-10-22-18(15-21)12-13-25-22/h6,8-15,25,28H,5,7,16H2,1-4H3/b17-6+,26-24+. The summed E-state index contributed by atoms with van der Waals surface area (Å²) in [7, 11) is 4.00. The number of nitrogens with one attached hydrogen (secondary N) is 1. The van der Waals surface area contributed by atoms with E-state index >= 15 is 0 Å². The Hall–Kier alpha value is -2.85. The maximum atomic E-state index is 10.3. The normalized spacial score (nSPS) is 12.9. The molecule has 0 aliphatic rings. The molecule has 0 bridgehead atoms. The molecule has 0 saturated heterocycles. The van der Waals surface area contributed by atoms with Crippen molar-refractivity contribution in [1.82, 2.24) is 9.88 Å². The molecule has 0 spiro atoms. The highest BCUT2D eigenvalue weighted by Crippen LogP contribution is 2.27. The molecule has 2 N–H and O–H groups in total. The molecule has 0 unspecified atom stereocenters. The van der Waals surface area contributed by atoms with E-state index in [-0.39, 0.29) is 0 Å². The third-order valence-corrected chi connectivity index (χ3v) is 4.79. The van der Waals surface area contributed by atoms with Crippen LogP contribution in [0.25, 0.3) is 10.9 Å². The lowest BCUT2D eigenvalue weighted by atomic mass is 9.96. The molecule has 0 aliphatic heterocycles. The Bertz CT molecular complexity index is 1010. The number of rotatable bonds is 7. The molecular weight excluding hydrogens is 346 g/mol. The summed E-state index contributed by atoms with van der Waals surface area (Å²) in [5.41, 5.74) is 6.17. The maximum absolute atomic E-state index is 10.3. The molecule has 1 heterocycles.